The molecule has 2 N–H and O–H groups in total. The van der Waals surface area contributed by atoms with Crippen LogP contribution in [-0.4, -0.2) is 19.3 Å². The van der Waals surface area contributed by atoms with Gasteiger partial charge in [-0.2, -0.15) is 0 Å². The summed E-state index contributed by atoms with van der Waals surface area (Å²) in [4.78, 5) is 0. The average Bonchev–Trinajstić information content (AvgIpc) is 3.02. The highest BCUT2D eigenvalue weighted by Crippen LogP contribution is 2.64. The molecule has 2 aliphatic rings. The first-order valence-electron chi connectivity index (χ1n) is 8.17. The molecule has 0 saturated heterocycles. The molecule has 0 amide bonds. The lowest BCUT2D eigenvalue weighted by Gasteiger charge is -2.16. The van der Waals surface area contributed by atoms with E-state index in [9.17, 15) is 0 Å². The van der Waals surface area contributed by atoms with Crippen LogP contribution in [0.1, 0.15) is 50.2 Å². The van der Waals surface area contributed by atoms with E-state index >= 15 is 0 Å². The summed E-state index contributed by atoms with van der Waals surface area (Å²) in [5.41, 5.74) is 9.67. The first kappa shape index (κ1) is 14.1. The van der Waals surface area contributed by atoms with E-state index in [1.807, 2.05) is 0 Å². The summed E-state index contributed by atoms with van der Waals surface area (Å²) in [6.45, 7) is 3.62. The summed E-state index contributed by atoms with van der Waals surface area (Å²) >= 11 is 0. The Kier molecular flexibility index (Phi) is 4.13. The zero-order chi connectivity index (χ0) is 14.0. The maximum atomic E-state index is 6.17. The van der Waals surface area contributed by atoms with Gasteiger partial charge in [0.1, 0.15) is 0 Å². The molecule has 3 unspecified atom stereocenters. The molecule has 0 bridgehead atoms. The summed E-state index contributed by atoms with van der Waals surface area (Å²) < 4.78 is 5.55. The zero-order valence-electron chi connectivity index (χ0n) is 12.6. The molecule has 2 nitrogen and oxygen atoms in total. The Bertz CT molecular complexity index is 458. The summed E-state index contributed by atoms with van der Waals surface area (Å²) in [5, 5.41) is 0. The largest absolute Gasteiger partial charge is 0.380 e. The number of nitrogens with two attached hydrogens (primary N) is 1. The lowest BCUT2D eigenvalue weighted by molar-refractivity contribution is 0.121. The smallest absolute Gasteiger partial charge is 0.0620 e. The van der Waals surface area contributed by atoms with Crippen LogP contribution in [0, 0.1) is 5.92 Å². The third kappa shape index (κ3) is 2.77. The molecule has 0 heterocycles. The lowest BCUT2D eigenvalue weighted by atomic mass is 9.91. The maximum absolute atomic E-state index is 6.17. The van der Waals surface area contributed by atoms with E-state index in [1.54, 1.807) is 5.56 Å². The van der Waals surface area contributed by atoms with E-state index in [0.717, 1.165) is 25.4 Å². The Hall–Kier alpha value is -0.860. The van der Waals surface area contributed by atoms with E-state index in [0.29, 0.717) is 12.0 Å². The Balaban J connectivity index is 1.60. The second-order valence-electron chi connectivity index (χ2n) is 6.69. The standard InChI is InChI=1S/C18H27NO/c1-2-9-20-13-17(19)11-14-5-3-6-15(10-14)18-8-4-7-16(18)12-18/h3,5-6,10,16-17H,2,4,7-9,11-13,19H2,1H3. The fourth-order valence-corrected chi connectivity index (χ4v) is 3.98. The summed E-state index contributed by atoms with van der Waals surface area (Å²) in [6, 6.07) is 9.28. The second kappa shape index (κ2) is 5.87. The van der Waals surface area contributed by atoms with Gasteiger partial charge in [0.05, 0.1) is 6.61 Å². The van der Waals surface area contributed by atoms with Crippen molar-refractivity contribution in [2.75, 3.05) is 13.2 Å². The average molecular weight is 273 g/mol. The molecule has 2 saturated carbocycles. The minimum Gasteiger partial charge on any atom is -0.380 e. The first-order chi connectivity index (χ1) is 9.74. The maximum Gasteiger partial charge on any atom is 0.0620 e. The van der Waals surface area contributed by atoms with Crippen molar-refractivity contribution >= 4 is 0 Å². The molecule has 3 atom stereocenters. The van der Waals surface area contributed by atoms with Gasteiger partial charge in [0.25, 0.3) is 0 Å². The number of hydrogen-bond donors (Lipinski definition) is 1. The molecule has 1 aromatic carbocycles. The van der Waals surface area contributed by atoms with Gasteiger partial charge in [0.2, 0.25) is 0 Å². The van der Waals surface area contributed by atoms with Crippen molar-refractivity contribution in [1.29, 1.82) is 0 Å². The molecule has 0 radical (unpaired) electrons. The minimum atomic E-state index is 0.118. The van der Waals surface area contributed by atoms with Crippen molar-refractivity contribution in [3.63, 3.8) is 0 Å². The molecule has 0 spiro atoms. The van der Waals surface area contributed by atoms with Crippen LogP contribution < -0.4 is 5.73 Å². The van der Waals surface area contributed by atoms with E-state index in [1.165, 1.54) is 31.2 Å². The highest BCUT2D eigenvalue weighted by atomic mass is 16.5. The number of hydrogen-bond acceptors (Lipinski definition) is 2. The lowest BCUT2D eigenvalue weighted by Crippen LogP contribution is -2.28. The van der Waals surface area contributed by atoms with Crippen LogP contribution in [0.25, 0.3) is 0 Å². The van der Waals surface area contributed by atoms with Crippen LogP contribution in [0.15, 0.2) is 24.3 Å². The molecule has 2 aliphatic carbocycles. The molecule has 3 rings (SSSR count). The van der Waals surface area contributed by atoms with Gasteiger partial charge >= 0.3 is 0 Å². The van der Waals surface area contributed by atoms with E-state index in [2.05, 4.69) is 31.2 Å². The number of benzene rings is 1. The van der Waals surface area contributed by atoms with Crippen molar-refractivity contribution in [2.45, 2.75) is 56.9 Å². The monoisotopic (exact) mass is 273 g/mol. The summed E-state index contributed by atoms with van der Waals surface area (Å²) in [7, 11) is 0. The van der Waals surface area contributed by atoms with Crippen LogP contribution in [0.3, 0.4) is 0 Å². The van der Waals surface area contributed by atoms with Crippen LogP contribution in [0.5, 0.6) is 0 Å². The fourth-order valence-electron chi connectivity index (χ4n) is 3.98. The highest BCUT2D eigenvalue weighted by molar-refractivity contribution is 5.38. The van der Waals surface area contributed by atoms with Gasteiger partial charge in [-0.15, -0.1) is 0 Å². The third-order valence-corrected chi connectivity index (χ3v) is 5.09. The Labute approximate surface area is 122 Å². The summed E-state index contributed by atoms with van der Waals surface area (Å²) in [5.74, 6) is 0.972. The molecule has 2 fully saturated rings. The molecule has 2 heteroatoms. The topological polar surface area (TPSA) is 35.2 Å². The van der Waals surface area contributed by atoms with Crippen LogP contribution >= 0.6 is 0 Å². The molecular formula is C18H27NO. The molecule has 0 aliphatic heterocycles. The van der Waals surface area contributed by atoms with Gasteiger partial charge in [0, 0.05) is 12.6 Å². The van der Waals surface area contributed by atoms with Crippen molar-refractivity contribution < 1.29 is 4.74 Å². The third-order valence-electron chi connectivity index (χ3n) is 5.09. The van der Waals surface area contributed by atoms with Gasteiger partial charge in [0.15, 0.2) is 0 Å². The molecule has 0 aromatic heterocycles. The van der Waals surface area contributed by atoms with E-state index in [4.69, 9.17) is 10.5 Å². The molecule has 1 aromatic rings. The second-order valence-corrected chi connectivity index (χ2v) is 6.69. The molecule has 110 valence electrons. The van der Waals surface area contributed by atoms with Gasteiger partial charge in [-0.05, 0) is 54.6 Å². The number of fused-ring (bicyclic) bond motifs is 1. The van der Waals surface area contributed by atoms with E-state index < -0.39 is 0 Å². The molecular weight excluding hydrogens is 246 g/mol. The zero-order valence-corrected chi connectivity index (χ0v) is 12.6. The van der Waals surface area contributed by atoms with Gasteiger partial charge in [-0.1, -0.05) is 37.6 Å². The summed E-state index contributed by atoms with van der Waals surface area (Å²) in [6.07, 6.45) is 7.66. The van der Waals surface area contributed by atoms with Crippen LogP contribution in [-0.2, 0) is 16.6 Å². The normalized spacial score (nSPS) is 29.2. The molecule has 20 heavy (non-hydrogen) atoms. The minimum absolute atomic E-state index is 0.118. The van der Waals surface area contributed by atoms with Gasteiger partial charge < -0.3 is 10.5 Å². The van der Waals surface area contributed by atoms with Crippen molar-refractivity contribution in [3.8, 4) is 0 Å². The van der Waals surface area contributed by atoms with Crippen LogP contribution in [0.2, 0.25) is 0 Å². The number of rotatable bonds is 7. The van der Waals surface area contributed by atoms with Gasteiger partial charge in [-0.25, -0.2) is 0 Å². The van der Waals surface area contributed by atoms with Crippen molar-refractivity contribution in [1.82, 2.24) is 0 Å². The Morgan fingerprint density at radius 1 is 1.45 bits per heavy atom. The first-order valence-corrected chi connectivity index (χ1v) is 8.17. The quantitative estimate of drug-likeness (QED) is 0.773. The predicted octanol–water partition coefficient (Wildman–Crippen LogP) is 3.42. The van der Waals surface area contributed by atoms with E-state index in [-0.39, 0.29) is 6.04 Å². The fraction of sp³-hybridized carbons (Fsp3) is 0.667. The SMILES string of the molecule is CCCOCC(N)Cc1cccc(C23CCCC2C3)c1. The van der Waals surface area contributed by atoms with Crippen LogP contribution in [0.4, 0.5) is 0 Å². The predicted molar refractivity (Wildman–Crippen MR) is 82.9 cm³/mol. The Morgan fingerprint density at radius 3 is 3.05 bits per heavy atom. The van der Waals surface area contributed by atoms with Crippen molar-refractivity contribution in [2.24, 2.45) is 11.7 Å². The van der Waals surface area contributed by atoms with Gasteiger partial charge in [-0.3, -0.25) is 0 Å². The number of ether oxygens (including phenoxy) is 1. The highest BCUT2D eigenvalue weighted by Gasteiger charge is 2.57. The Morgan fingerprint density at radius 2 is 2.35 bits per heavy atom. The van der Waals surface area contributed by atoms with Crippen molar-refractivity contribution in [3.05, 3.63) is 35.4 Å².